The highest BCUT2D eigenvalue weighted by Crippen LogP contribution is 2.15. The second-order valence-electron chi connectivity index (χ2n) is 4.46. The van der Waals surface area contributed by atoms with Gasteiger partial charge in [-0.2, -0.15) is 10.5 Å². The molecule has 0 spiro atoms. The normalized spacial score (nSPS) is 9.24. The Hall–Kier alpha value is -3.04. The molecule has 0 aromatic heterocycles. The minimum Gasteiger partial charge on any atom is -0.489 e. The molecule has 0 N–H and O–H groups in total. The van der Waals surface area contributed by atoms with Gasteiger partial charge in [-0.1, -0.05) is 48.5 Å². The van der Waals surface area contributed by atoms with Gasteiger partial charge in [0, 0.05) is 0 Å². The van der Waals surface area contributed by atoms with Crippen LogP contribution in [0.3, 0.4) is 0 Å². The van der Waals surface area contributed by atoms with E-state index in [-0.39, 0.29) is 5.57 Å². The molecule has 2 aromatic rings. The van der Waals surface area contributed by atoms with Crippen molar-refractivity contribution in [3.63, 3.8) is 0 Å². The third-order valence-corrected chi connectivity index (χ3v) is 2.95. The first-order valence-corrected chi connectivity index (χ1v) is 6.58. The number of rotatable bonds is 5. The summed E-state index contributed by atoms with van der Waals surface area (Å²) < 4.78 is 5.69. The molecule has 3 nitrogen and oxygen atoms in total. The molecular weight excluding hydrogens is 260 g/mol. The van der Waals surface area contributed by atoms with Crippen molar-refractivity contribution in [2.24, 2.45) is 0 Å². The molecule has 0 atom stereocenters. The first-order chi connectivity index (χ1) is 10.3. The smallest absolute Gasteiger partial charge is 0.126 e. The quantitative estimate of drug-likeness (QED) is 0.779. The summed E-state index contributed by atoms with van der Waals surface area (Å²) in [5, 5.41) is 17.3. The Bertz CT molecular complexity index is 673. The molecule has 2 aromatic carbocycles. The SMILES string of the molecule is N#CC(C#N)=CCc1ccc(OCc2ccccc2)cc1. The van der Waals surface area contributed by atoms with Gasteiger partial charge in [0.05, 0.1) is 0 Å². The van der Waals surface area contributed by atoms with Gasteiger partial charge in [-0.15, -0.1) is 0 Å². The van der Waals surface area contributed by atoms with Gasteiger partial charge in [-0.25, -0.2) is 0 Å². The fourth-order valence-corrected chi connectivity index (χ4v) is 1.80. The van der Waals surface area contributed by atoms with Gasteiger partial charge in [-0.05, 0) is 29.7 Å². The van der Waals surface area contributed by atoms with Crippen molar-refractivity contribution < 1.29 is 4.74 Å². The number of nitrogens with zero attached hydrogens (tertiary/aromatic N) is 2. The Morgan fingerprint density at radius 1 is 0.905 bits per heavy atom. The van der Waals surface area contributed by atoms with E-state index in [0.29, 0.717) is 13.0 Å². The predicted molar refractivity (Wildman–Crippen MR) is 80.2 cm³/mol. The van der Waals surface area contributed by atoms with Crippen LogP contribution in [0.1, 0.15) is 11.1 Å². The van der Waals surface area contributed by atoms with Crippen LogP contribution in [-0.4, -0.2) is 0 Å². The van der Waals surface area contributed by atoms with Gasteiger partial charge >= 0.3 is 0 Å². The largest absolute Gasteiger partial charge is 0.489 e. The lowest BCUT2D eigenvalue weighted by molar-refractivity contribution is 0.306. The molecular formula is C18H14N2O. The van der Waals surface area contributed by atoms with E-state index in [2.05, 4.69) is 0 Å². The molecule has 0 unspecified atom stereocenters. The van der Waals surface area contributed by atoms with E-state index in [1.54, 1.807) is 6.08 Å². The molecule has 0 aliphatic heterocycles. The second kappa shape index (κ2) is 7.53. The summed E-state index contributed by atoms with van der Waals surface area (Å²) in [6.07, 6.45) is 2.19. The lowest BCUT2D eigenvalue weighted by atomic mass is 10.1. The maximum absolute atomic E-state index is 8.67. The Morgan fingerprint density at radius 2 is 1.57 bits per heavy atom. The molecule has 0 aliphatic carbocycles. The fraction of sp³-hybridized carbons (Fsp3) is 0.111. The van der Waals surface area contributed by atoms with E-state index in [1.165, 1.54) is 0 Å². The average Bonchev–Trinajstić information content (AvgIpc) is 2.56. The summed E-state index contributed by atoms with van der Waals surface area (Å²) in [4.78, 5) is 0. The van der Waals surface area contributed by atoms with Crippen LogP contribution >= 0.6 is 0 Å². The molecule has 0 amide bonds. The van der Waals surface area contributed by atoms with Gasteiger partial charge in [0.2, 0.25) is 0 Å². The van der Waals surface area contributed by atoms with Crippen molar-refractivity contribution >= 4 is 0 Å². The lowest BCUT2D eigenvalue weighted by Gasteiger charge is -2.06. The van der Waals surface area contributed by atoms with Crippen LogP contribution in [0.25, 0.3) is 0 Å². The van der Waals surface area contributed by atoms with Gasteiger partial charge in [-0.3, -0.25) is 0 Å². The Labute approximate surface area is 124 Å². The van der Waals surface area contributed by atoms with Gasteiger partial charge in [0.1, 0.15) is 30.1 Å². The van der Waals surface area contributed by atoms with Crippen LogP contribution in [0.15, 0.2) is 66.2 Å². The van der Waals surface area contributed by atoms with Crippen molar-refractivity contribution in [3.05, 3.63) is 77.4 Å². The van der Waals surface area contributed by atoms with Crippen molar-refractivity contribution in [3.8, 4) is 17.9 Å². The molecule has 21 heavy (non-hydrogen) atoms. The summed E-state index contributed by atoms with van der Waals surface area (Å²) in [6.45, 7) is 0.535. The van der Waals surface area contributed by atoms with Crippen LogP contribution in [0.4, 0.5) is 0 Å². The highest BCUT2D eigenvalue weighted by atomic mass is 16.5. The van der Waals surface area contributed by atoms with Gasteiger partial charge in [0.15, 0.2) is 0 Å². The van der Waals surface area contributed by atoms with Crippen LogP contribution < -0.4 is 4.74 Å². The molecule has 0 saturated heterocycles. The minimum absolute atomic E-state index is 0.138. The van der Waals surface area contributed by atoms with Crippen molar-refractivity contribution in [2.45, 2.75) is 13.0 Å². The van der Waals surface area contributed by atoms with Crippen molar-refractivity contribution in [1.82, 2.24) is 0 Å². The molecule has 3 heteroatoms. The van der Waals surface area contributed by atoms with Crippen LogP contribution in [0, 0.1) is 22.7 Å². The van der Waals surface area contributed by atoms with Crippen LogP contribution in [-0.2, 0) is 13.0 Å². The summed E-state index contributed by atoms with van der Waals surface area (Å²) in [7, 11) is 0. The summed E-state index contributed by atoms with van der Waals surface area (Å²) in [5.74, 6) is 0.798. The molecule has 0 radical (unpaired) electrons. The summed E-state index contributed by atoms with van der Waals surface area (Å²) >= 11 is 0. The van der Waals surface area contributed by atoms with E-state index >= 15 is 0 Å². The van der Waals surface area contributed by atoms with E-state index in [9.17, 15) is 0 Å². The first-order valence-electron chi connectivity index (χ1n) is 6.58. The fourth-order valence-electron chi connectivity index (χ4n) is 1.80. The highest BCUT2D eigenvalue weighted by molar-refractivity contribution is 5.37. The Morgan fingerprint density at radius 3 is 2.19 bits per heavy atom. The molecule has 0 fully saturated rings. The zero-order valence-electron chi connectivity index (χ0n) is 11.5. The Kier molecular flexibility index (Phi) is 5.15. The number of hydrogen-bond acceptors (Lipinski definition) is 3. The minimum atomic E-state index is 0.138. The maximum Gasteiger partial charge on any atom is 0.126 e. The van der Waals surface area contributed by atoms with Gasteiger partial charge in [0.25, 0.3) is 0 Å². The molecule has 0 bridgehead atoms. The van der Waals surface area contributed by atoms with Crippen molar-refractivity contribution in [2.75, 3.05) is 0 Å². The number of benzene rings is 2. The van der Waals surface area contributed by atoms with E-state index in [4.69, 9.17) is 15.3 Å². The molecule has 0 heterocycles. The van der Waals surface area contributed by atoms with Crippen molar-refractivity contribution in [1.29, 1.82) is 10.5 Å². The number of allylic oxidation sites excluding steroid dienone is 2. The third kappa shape index (κ3) is 4.53. The zero-order valence-corrected chi connectivity index (χ0v) is 11.5. The topological polar surface area (TPSA) is 56.8 Å². The maximum atomic E-state index is 8.67. The Balaban J connectivity index is 1.92. The molecule has 0 aliphatic rings. The van der Waals surface area contributed by atoms with Crippen LogP contribution in [0.5, 0.6) is 5.75 Å². The number of ether oxygens (including phenoxy) is 1. The van der Waals surface area contributed by atoms with E-state index in [0.717, 1.165) is 16.9 Å². The standard InChI is InChI=1S/C18H14N2O/c19-12-17(13-20)7-6-15-8-10-18(11-9-15)21-14-16-4-2-1-3-5-16/h1-5,7-11H,6,14H2. The van der Waals surface area contributed by atoms with Crippen LogP contribution in [0.2, 0.25) is 0 Å². The zero-order chi connectivity index (χ0) is 14.9. The first kappa shape index (κ1) is 14.4. The van der Waals surface area contributed by atoms with E-state index < -0.39 is 0 Å². The average molecular weight is 274 g/mol. The predicted octanol–water partition coefficient (Wildman–Crippen LogP) is 3.78. The third-order valence-electron chi connectivity index (χ3n) is 2.95. The molecule has 0 saturated carbocycles. The summed E-state index contributed by atoms with van der Waals surface area (Å²) in [6, 6.07) is 21.3. The van der Waals surface area contributed by atoms with E-state index in [1.807, 2.05) is 66.7 Å². The van der Waals surface area contributed by atoms with Gasteiger partial charge < -0.3 is 4.74 Å². The molecule has 2 rings (SSSR count). The molecule has 102 valence electrons. The second-order valence-corrected chi connectivity index (χ2v) is 4.46. The summed E-state index contributed by atoms with van der Waals surface area (Å²) in [5.41, 5.74) is 2.29. The number of nitriles is 2. The lowest BCUT2D eigenvalue weighted by Crippen LogP contribution is -1.95. The number of hydrogen-bond donors (Lipinski definition) is 0. The highest BCUT2D eigenvalue weighted by Gasteiger charge is 1.97. The monoisotopic (exact) mass is 274 g/mol.